The SMILES string of the molecule is COc1ccc(F)cc1NC(=O)N(C)CC(O)C1CC1. The van der Waals surface area contributed by atoms with Crippen LogP contribution in [-0.2, 0) is 0 Å². The summed E-state index contributed by atoms with van der Waals surface area (Å²) in [6.45, 7) is 0.258. The third-order valence-electron chi connectivity index (χ3n) is 3.38. The molecule has 1 aliphatic rings. The van der Waals surface area contributed by atoms with Gasteiger partial charge in [-0.05, 0) is 30.9 Å². The zero-order valence-corrected chi connectivity index (χ0v) is 11.6. The Kier molecular flexibility index (Phi) is 4.44. The zero-order chi connectivity index (χ0) is 14.7. The summed E-state index contributed by atoms with van der Waals surface area (Å²) < 4.78 is 18.3. The predicted molar refractivity (Wildman–Crippen MR) is 73.3 cm³/mol. The number of amides is 2. The molecule has 110 valence electrons. The lowest BCUT2D eigenvalue weighted by Crippen LogP contribution is -2.38. The molecule has 1 fully saturated rings. The number of urea groups is 1. The van der Waals surface area contributed by atoms with Gasteiger partial charge in [0.15, 0.2) is 0 Å². The van der Waals surface area contributed by atoms with Crippen molar-refractivity contribution in [3.63, 3.8) is 0 Å². The minimum atomic E-state index is -0.500. The number of aliphatic hydroxyl groups excluding tert-OH is 1. The Hall–Kier alpha value is -1.82. The van der Waals surface area contributed by atoms with E-state index in [-0.39, 0.29) is 12.2 Å². The average molecular weight is 282 g/mol. The molecule has 0 bridgehead atoms. The first-order valence-corrected chi connectivity index (χ1v) is 6.55. The highest BCUT2D eigenvalue weighted by Gasteiger charge is 2.31. The molecule has 2 N–H and O–H groups in total. The summed E-state index contributed by atoms with van der Waals surface area (Å²) in [5.41, 5.74) is 0.269. The fourth-order valence-electron chi connectivity index (χ4n) is 1.98. The number of ether oxygens (including phenoxy) is 1. The maximum absolute atomic E-state index is 13.2. The van der Waals surface area contributed by atoms with Crippen LogP contribution in [0.5, 0.6) is 5.75 Å². The molecule has 2 rings (SSSR count). The Morgan fingerprint density at radius 2 is 2.30 bits per heavy atom. The average Bonchev–Trinajstić information content (AvgIpc) is 3.23. The molecular weight excluding hydrogens is 263 g/mol. The van der Waals surface area contributed by atoms with Crippen LogP contribution in [0.25, 0.3) is 0 Å². The molecular formula is C14H19FN2O3. The molecule has 1 aromatic carbocycles. The second-order valence-electron chi connectivity index (χ2n) is 5.06. The number of rotatable bonds is 5. The molecule has 1 saturated carbocycles. The van der Waals surface area contributed by atoms with Crippen LogP contribution in [0.4, 0.5) is 14.9 Å². The first kappa shape index (κ1) is 14.6. The molecule has 2 amide bonds. The maximum Gasteiger partial charge on any atom is 0.321 e. The van der Waals surface area contributed by atoms with E-state index in [2.05, 4.69) is 5.32 Å². The molecule has 0 aromatic heterocycles. The molecule has 1 aliphatic carbocycles. The van der Waals surface area contributed by atoms with Gasteiger partial charge in [-0.1, -0.05) is 0 Å². The number of hydrogen-bond acceptors (Lipinski definition) is 3. The number of carbonyl (C=O) groups excluding carboxylic acids is 1. The van der Waals surface area contributed by atoms with Gasteiger partial charge >= 0.3 is 6.03 Å². The van der Waals surface area contributed by atoms with E-state index >= 15 is 0 Å². The number of likely N-dealkylation sites (N-methyl/N-ethyl adjacent to an activating group) is 1. The predicted octanol–water partition coefficient (Wildman–Crippen LogP) is 2.07. The Balaban J connectivity index is 1.97. The molecule has 1 aromatic rings. The van der Waals surface area contributed by atoms with Gasteiger partial charge in [0.2, 0.25) is 0 Å². The number of aliphatic hydroxyl groups is 1. The van der Waals surface area contributed by atoms with Crippen LogP contribution in [0.1, 0.15) is 12.8 Å². The largest absolute Gasteiger partial charge is 0.495 e. The Labute approximate surface area is 117 Å². The number of nitrogens with one attached hydrogen (secondary N) is 1. The van der Waals surface area contributed by atoms with Gasteiger partial charge in [-0.3, -0.25) is 0 Å². The second kappa shape index (κ2) is 6.09. The van der Waals surface area contributed by atoms with Gasteiger partial charge in [0.25, 0.3) is 0 Å². The molecule has 0 heterocycles. The number of carbonyl (C=O) groups is 1. The molecule has 6 heteroatoms. The molecule has 20 heavy (non-hydrogen) atoms. The third kappa shape index (κ3) is 3.60. The number of halogens is 1. The smallest absolute Gasteiger partial charge is 0.321 e. The first-order chi connectivity index (χ1) is 9.51. The monoisotopic (exact) mass is 282 g/mol. The highest BCUT2D eigenvalue weighted by molar-refractivity contribution is 5.90. The summed E-state index contributed by atoms with van der Waals surface area (Å²) in [5, 5.41) is 12.4. The fourth-order valence-corrected chi connectivity index (χ4v) is 1.98. The first-order valence-electron chi connectivity index (χ1n) is 6.55. The van der Waals surface area contributed by atoms with E-state index < -0.39 is 18.0 Å². The van der Waals surface area contributed by atoms with E-state index in [9.17, 15) is 14.3 Å². The highest BCUT2D eigenvalue weighted by atomic mass is 19.1. The van der Waals surface area contributed by atoms with Gasteiger partial charge in [-0.15, -0.1) is 0 Å². The fraction of sp³-hybridized carbons (Fsp3) is 0.500. The summed E-state index contributed by atoms with van der Waals surface area (Å²) in [5.74, 6) is 0.228. The van der Waals surface area contributed by atoms with E-state index in [4.69, 9.17) is 4.74 Å². The summed E-state index contributed by atoms with van der Waals surface area (Å²) >= 11 is 0. The number of nitrogens with zero attached hydrogens (tertiary/aromatic N) is 1. The van der Waals surface area contributed by atoms with E-state index in [1.165, 1.54) is 30.2 Å². The summed E-state index contributed by atoms with van der Waals surface area (Å²) in [6, 6.07) is 3.50. The lowest BCUT2D eigenvalue weighted by molar-refractivity contribution is 0.117. The van der Waals surface area contributed by atoms with Crippen molar-refractivity contribution in [1.82, 2.24) is 4.90 Å². The van der Waals surface area contributed by atoms with Crippen LogP contribution < -0.4 is 10.1 Å². The van der Waals surface area contributed by atoms with Crippen LogP contribution in [0.3, 0.4) is 0 Å². The van der Waals surface area contributed by atoms with E-state index in [1.807, 2.05) is 0 Å². The van der Waals surface area contributed by atoms with E-state index in [0.717, 1.165) is 12.8 Å². The Morgan fingerprint density at radius 3 is 2.90 bits per heavy atom. The normalized spacial score (nSPS) is 15.6. The van der Waals surface area contributed by atoms with Crippen LogP contribution in [-0.4, -0.2) is 42.8 Å². The van der Waals surface area contributed by atoms with Crippen molar-refractivity contribution < 1.29 is 19.0 Å². The van der Waals surface area contributed by atoms with Crippen molar-refractivity contribution in [1.29, 1.82) is 0 Å². The summed E-state index contributed by atoms with van der Waals surface area (Å²) in [7, 11) is 3.04. The number of methoxy groups -OCH3 is 1. The topological polar surface area (TPSA) is 61.8 Å². The van der Waals surface area contributed by atoms with Crippen molar-refractivity contribution in [2.45, 2.75) is 18.9 Å². The van der Waals surface area contributed by atoms with Gasteiger partial charge in [0.05, 0.1) is 18.9 Å². The van der Waals surface area contributed by atoms with Crippen LogP contribution in [0.15, 0.2) is 18.2 Å². The molecule has 5 nitrogen and oxygen atoms in total. The maximum atomic E-state index is 13.2. The minimum absolute atomic E-state index is 0.258. The van der Waals surface area contributed by atoms with Crippen molar-refractivity contribution in [3.8, 4) is 5.75 Å². The number of anilines is 1. The quantitative estimate of drug-likeness (QED) is 0.869. The van der Waals surface area contributed by atoms with Gasteiger partial charge in [-0.2, -0.15) is 0 Å². The summed E-state index contributed by atoms with van der Waals surface area (Å²) in [6.07, 6.45) is 1.52. The Morgan fingerprint density at radius 1 is 1.60 bits per heavy atom. The van der Waals surface area contributed by atoms with E-state index in [1.54, 1.807) is 7.05 Å². The molecule has 0 spiro atoms. The van der Waals surface area contributed by atoms with Gasteiger partial charge < -0.3 is 20.1 Å². The van der Waals surface area contributed by atoms with Crippen LogP contribution in [0, 0.1) is 11.7 Å². The van der Waals surface area contributed by atoms with Crippen molar-refractivity contribution in [2.24, 2.45) is 5.92 Å². The van der Waals surface area contributed by atoms with Crippen molar-refractivity contribution in [3.05, 3.63) is 24.0 Å². The third-order valence-corrected chi connectivity index (χ3v) is 3.38. The number of benzene rings is 1. The molecule has 0 saturated heterocycles. The van der Waals surface area contributed by atoms with Crippen LogP contribution >= 0.6 is 0 Å². The second-order valence-corrected chi connectivity index (χ2v) is 5.06. The lowest BCUT2D eigenvalue weighted by atomic mass is 10.2. The molecule has 0 radical (unpaired) electrons. The van der Waals surface area contributed by atoms with Gasteiger partial charge in [0.1, 0.15) is 11.6 Å². The number of hydrogen-bond donors (Lipinski definition) is 2. The van der Waals surface area contributed by atoms with Crippen LogP contribution in [0.2, 0.25) is 0 Å². The standard InChI is InChI=1S/C14H19FN2O3/c1-17(8-12(18)9-3-4-9)14(19)16-11-7-10(15)5-6-13(11)20-2/h5-7,9,12,18H,3-4,8H2,1-2H3,(H,16,19). The molecule has 1 atom stereocenters. The Bertz CT molecular complexity index is 491. The lowest BCUT2D eigenvalue weighted by Gasteiger charge is -2.21. The zero-order valence-electron chi connectivity index (χ0n) is 11.6. The van der Waals surface area contributed by atoms with Crippen molar-refractivity contribution >= 4 is 11.7 Å². The van der Waals surface area contributed by atoms with E-state index in [0.29, 0.717) is 11.7 Å². The minimum Gasteiger partial charge on any atom is -0.495 e. The highest BCUT2D eigenvalue weighted by Crippen LogP contribution is 2.32. The van der Waals surface area contributed by atoms with Gasteiger partial charge in [-0.25, -0.2) is 9.18 Å². The molecule has 1 unspecified atom stereocenters. The summed E-state index contributed by atoms with van der Waals surface area (Å²) in [4.78, 5) is 13.4. The van der Waals surface area contributed by atoms with Gasteiger partial charge in [0, 0.05) is 19.7 Å². The van der Waals surface area contributed by atoms with Crippen molar-refractivity contribution in [2.75, 3.05) is 26.0 Å². The molecule has 0 aliphatic heterocycles.